The Balaban J connectivity index is 1.86. The van der Waals surface area contributed by atoms with Crippen molar-refractivity contribution in [1.82, 2.24) is 5.32 Å². The first-order valence-corrected chi connectivity index (χ1v) is 7.28. The zero-order chi connectivity index (χ0) is 14.9. The normalized spacial score (nSPS) is 12.1. The Morgan fingerprint density at radius 3 is 2.57 bits per heavy atom. The highest BCUT2D eigenvalue weighted by Crippen LogP contribution is 2.16. The predicted octanol–water partition coefficient (Wildman–Crippen LogP) is 3.56. The molecule has 1 atom stereocenters. The second kappa shape index (κ2) is 8.45. The predicted molar refractivity (Wildman–Crippen MR) is 85.5 cm³/mol. The topological polar surface area (TPSA) is 30.5 Å². The van der Waals surface area contributed by atoms with Gasteiger partial charge in [-0.15, -0.1) is 0 Å². The first-order valence-electron chi connectivity index (χ1n) is 7.28. The third-order valence-electron chi connectivity index (χ3n) is 3.37. The molecule has 2 rings (SSSR count). The number of benzene rings is 2. The van der Waals surface area contributed by atoms with Gasteiger partial charge in [-0.2, -0.15) is 0 Å². The summed E-state index contributed by atoms with van der Waals surface area (Å²) in [6.07, 6.45) is 0. The molecule has 0 aliphatic heterocycles. The van der Waals surface area contributed by atoms with E-state index >= 15 is 0 Å². The van der Waals surface area contributed by atoms with Gasteiger partial charge in [0.15, 0.2) is 0 Å². The zero-order valence-corrected chi connectivity index (χ0v) is 12.7. The molecule has 0 amide bonds. The molecule has 0 aromatic heterocycles. The summed E-state index contributed by atoms with van der Waals surface area (Å²) >= 11 is 0. The number of hydrogen-bond donors (Lipinski definition) is 1. The minimum absolute atomic E-state index is 0.323. The minimum atomic E-state index is 0.323. The van der Waals surface area contributed by atoms with Crippen molar-refractivity contribution in [3.05, 3.63) is 65.7 Å². The standard InChI is InChI=1S/C18H23NO2/c1-15(17-8-4-3-5-9-17)19-14-16-7-6-10-18(13-16)21-12-11-20-2/h3-10,13,15,19H,11-12,14H2,1-2H3. The highest BCUT2D eigenvalue weighted by Gasteiger charge is 2.04. The Bertz CT molecular complexity index is 528. The van der Waals surface area contributed by atoms with E-state index in [9.17, 15) is 0 Å². The maximum absolute atomic E-state index is 5.63. The monoisotopic (exact) mass is 285 g/mol. The molecular weight excluding hydrogens is 262 g/mol. The number of ether oxygens (including phenoxy) is 2. The molecule has 0 bridgehead atoms. The Hall–Kier alpha value is -1.84. The zero-order valence-electron chi connectivity index (χ0n) is 12.7. The molecular formula is C18H23NO2. The molecule has 0 fully saturated rings. The van der Waals surface area contributed by atoms with Crippen LogP contribution in [-0.4, -0.2) is 20.3 Å². The van der Waals surface area contributed by atoms with E-state index in [4.69, 9.17) is 9.47 Å². The van der Waals surface area contributed by atoms with E-state index in [1.807, 2.05) is 18.2 Å². The Morgan fingerprint density at radius 2 is 1.81 bits per heavy atom. The van der Waals surface area contributed by atoms with E-state index < -0.39 is 0 Å². The second-order valence-electron chi connectivity index (χ2n) is 5.00. The van der Waals surface area contributed by atoms with Gasteiger partial charge in [-0.3, -0.25) is 0 Å². The molecule has 1 N–H and O–H groups in total. The summed E-state index contributed by atoms with van der Waals surface area (Å²) < 4.78 is 10.6. The molecule has 0 aliphatic carbocycles. The molecule has 3 nitrogen and oxygen atoms in total. The van der Waals surface area contributed by atoms with Crippen LogP contribution in [0.25, 0.3) is 0 Å². The number of rotatable bonds is 8. The Morgan fingerprint density at radius 1 is 1.00 bits per heavy atom. The fraction of sp³-hybridized carbons (Fsp3) is 0.333. The third kappa shape index (κ3) is 5.21. The van der Waals surface area contributed by atoms with E-state index in [1.54, 1.807) is 7.11 Å². The van der Waals surface area contributed by atoms with Gasteiger partial charge >= 0.3 is 0 Å². The molecule has 2 aromatic carbocycles. The average molecular weight is 285 g/mol. The number of nitrogens with one attached hydrogen (secondary N) is 1. The van der Waals surface area contributed by atoms with Crippen molar-refractivity contribution >= 4 is 0 Å². The molecule has 0 spiro atoms. The smallest absolute Gasteiger partial charge is 0.119 e. The van der Waals surface area contributed by atoms with Crippen molar-refractivity contribution in [2.24, 2.45) is 0 Å². The fourth-order valence-electron chi connectivity index (χ4n) is 2.12. The van der Waals surface area contributed by atoms with Gasteiger partial charge in [0.2, 0.25) is 0 Å². The van der Waals surface area contributed by atoms with Gasteiger partial charge in [0.25, 0.3) is 0 Å². The van der Waals surface area contributed by atoms with Crippen molar-refractivity contribution in [2.75, 3.05) is 20.3 Å². The third-order valence-corrected chi connectivity index (χ3v) is 3.37. The first-order chi connectivity index (χ1) is 10.3. The maximum atomic E-state index is 5.63. The van der Waals surface area contributed by atoms with Crippen molar-refractivity contribution < 1.29 is 9.47 Å². The van der Waals surface area contributed by atoms with Gasteiger partial charge in [-0.05, 0) is 30.2 Å². The molecule has 2 aromatic rings. The van der Waals surface area contributed by atoms with E-state index in [-0.39, 0.29) is 0 Å². The summed E-state index contributed by atoms with van der Waals surface area (Å²) in [6.45, 7) is 4.17. The molecule has 0 radical (unpaired) electrons. The summed E-state index contributed by atoms with van der Waals surface area (Å²) in [5.74, 6) is 0.888. The number of methoxy groups -OCH3 is 1. The summed E-state index contributed by atoms with van der Waals surface area (Å²) in [5, 5.41) is 3.53. The van der Waals surface area contributed by atoms with E-state index in [0.717, 1.165) is 12.3 Å². The molecule has 0 aliphatic rings. The van der Waals surface area contributed by atoms with Gasteiger partial charge in [0, 0.05) is 19.7 Å². The SMILES string of the molecule is COCCOc1cccc(CNC(C)c2ccccc2)c1. The molecule has 21 heavy (non-hydrogen) atoms. The lowest BCUT2D eigenvalue weighted by molar-refractivity contribution is 0.146. The number of hydrogen-bond acceptors (Lipinski definition) is 3. The molecule has 3 heteroatoms. The van der Waals surface area contributed by atoms with Crippen molar-refractivity contribution in [1.29, 1.82) is 0 Å². The lowest BCUT2D eigenvalue weighted by atomic mass is 10.1. The van der Waals surface area contributed by atoms with Crippen molar-refractivity contribution in [2.45, 2.75) is 19.5 Å². The maximum Gasteiger partial charge on any atom is 0.119 e. The van der Waals surface area contributed by atoms with Crippen LogP contribution in [0.1, 0.15) is 24.1 Å². The Kier molecular flexibility index (Phi) is 6.25. The van der Waals surface area contributed by atoms with Gasteiger partial charge in [0.05, 0.1) is 6.61 Å². The largest absolute Gasteiger partial charge is 0.491 e. The van der Waals surface area contributed by atoms with Gasteiger partial charge in [0.1, 0.15) is 12.4 Å². The van der Waals surface area contributed by atoms with Crippen molar-refractivity contribution in [3.8, 4) is 5.75 Å². The summed E-state index contributed by atoms with van der Waals surface area (Å²) in [6, 6.07) is 18.9. The summed E-state index contributed by atoms with van der Waals surface area (Å²) in [7, 11) is 1.68. The first kappa shape index (κ1) is 15.5. The average Bonchev–Trinajstić information content (AvgIpc) is 2.54. The molecule has 0 heterocycles. The highest BCUT2D eigenvalue weighted by molar-refractivity contribution is 5.28. The van der Waals surface area contributed by atoms with Gasteiger partial charge in [-0.1, -0.05) is 42.5 Å². The van der Waals surface area contributed by atoms with Crippen LogP contribution >= 0.6 is 0 Å². The molecule has 112 valence electrons. The van der Waals surface area contributed by atoms with Crippen LogP contribution in [0, 0.1) is 0 Å². The van der Waals surface area contributed by atoms with Gasteiger partial charge in [-0.25, -0.2) is 0 Å². The van der Waals surface area contributed by atoms with Crippen LogP contribution < -0.4 is 10.1 Å². The van der Waals surface area contributed by atoms with Crippen LogP contribution in [0.5, 0.6) is 5.75 Å². The molecule has 1 unspecified atom stereocenters. The second-order valence-corrected chi connectivity index (χ2v) is 5.00. The van der Waals surface area contributed by atoms with Crippen LogP contribution in [0.3, 0.4) is 0 Å². The quantitative estimate of drug-likeness (QED) is 0.752. The van der Waals surface area contributed by atoms with Crippen LogP contribution in [0.2, 0.25) is 0 Å². The van der Waals surface area contributed by atoms with Gasteiger partial charge < -0.3 is 14.8 Å². The summed E-state index contributed by atoms with van der Waals surface area (Å²) in [4.78, 5) is 0. The fourth-order valence-corrected chi connectivity index (χ4v) is 2.12. The van der Waals surface area contributed by atoms with Crippen LogP contribution in [0.15, 0.2) is 54.6 Å². The van der Waals surface area contributed by atoms with E-state index in [2.05, 4.69) is 48.6 Å². The minimum Gasteiger partial charge on any atom is -0.491 e. The van der Waals surface area contributed by atoms with E-state index in [0.29, 0.717) is 19.3 Å². The Labute approximate surface area is 126 Å². The lowest BCUT2D eigenvalue weighted by Crippen LogP contribution is -2.18. The lowest BCUT2D eigenvalue weighted by Gasteiger charge is -2.15. The van der Waals surface area contributed by atoms with Crippen LogP contribution in [-0.2, 0) is 11.3 Å². The van der Waals surface area contributed by atoms with Crippen LogP contribution in [0.4, 0.5) is 0 Å². The molecule has 0 saturated heterocycles. The van der Waals surface area contributed by atoms with E-state index in [1.165, 1.54) is 11.1 Å². The van der Waals surface area contributed by atoms with Crippen molar-refractivity contribution in [3.63, 3.8) is 0 Å². The highest BCUT2D eigenvalue weighted by atomic mass is 16.5. The molecule has 0 saturated carbocycles. The summed E-state index contributed by atoms with van der Waals surface area (Å²) in [5.41, 5.74) is 2.51.